The molecule has 4 rings (SSSR count). The van der Waals surface area contributed by atoms with E-state index in [0.717, 1.165) is 29.6 Å². The minimum Gasteiger partial charge on any atom is -0.381 e. The molecule has 0 unspecified atom stereocenters. The van der Waals surface area contributed by atoms with Gasteiger partial charge in [0.1, 0.15) is 5.15 Å². The van der Waals surface area contributed by atoms with E-state index in [4.69, 9.17) is 16.3 Å². The monoisotopic (exact) mass is 414 g/mol. The second kappa shape index (κ2) is 8.75. The Bertz CT molecular complexity index is 1020. The third-order valence-electron chi connectivity index (χ3n) is 4.98. The fraction of sp³-hybridized carbons (Fsp3) is 0.400. The van der Waals surface area contributed by atoms with Crippen LogP contribution in [0, 0.1) is 0 Å². The zero-order chi connectivity index (χ0) is 20.2. The van der Waals surface area contributed by atoms with Crippen molar-refractivity contribution in [3.05, 3.63) is 47.0 Å². The third-order valence-corrected chi connectivity index (χ3v) is 5.19. The van der Waals surface area contributed by atoms with Gasteiger partial charge in [-0.2, -0.15) is 5.10 Å². The summed E-state index contributed by atoms with van der Waals surface area (Å²) in [5.74, 6) is -0.222. The predicted octanol–water partition coefficient (Wildman–Crippen LogP) is 3.02. The maximum atomic E-state index is 13.0. The molecule has 1 aliphatic heterocycles. The topological polar surface area (TPSA) is 94.0 Å². The molecule has 2 N–H and O–H groups in total. The molecule has 0 spiro atoms. The van der Waals surface area contributed by atoms with Crippen LogP contribution in [0.25, 0.3) is 11.0 Å². The quantitative estimate of drug-likeness (QED) is 0.602. The van der Waals surface area contributed by atoms with Gasteiger partial charge in [-0.1, -0.05) is 17.7 Å². The molecule has 4 heterocycles. The van der Waals surface area contributed by atoms with Crippen molar-refractivity contribution in [3.8, 4) is 0 Å². The van der Waals surface area contributed by atoms with E-state index in [9.17, 15) is 4.79 Å². The molecule has 1 aliphatic rings. The number of hydrogen-bond donors (Lipinski definition) is 2. The van der Waals surface area contributed by atoms with Crippen LogP contribution in [0.3, 0.4) is 0 Å². The van der Waals surface area contributed by atoms with Crippen molar-refractivity contribution in [2.24, 2.45) is 0 Å². The van der Waals surface area contributed by atoms with E-state index in [2.05, 4.69) is 25.7 Å². The van der Waals surface area contributed by atoms with Crippen molar-refractivity contribution in [1.29, 1.82) is 0 Å². The molecule has 0 atom stereocenters. The highest BCUT2D eigenvalue weighted by atomic mass is 35.5. The highest BCUT2D eigenvalue weighted by molar-refractivity contribution is 6.29. The summed E-state index contributed by atoms with van der Waals surface area (Å²) in [6.07, 6.45) is 5.15. The van der Waals surface area contributed by atoms with Crippen LogP contribution in [0.5, 0.6) is 0 Å². The lowest BCUT2D eigenvalue weighted by molar-refractivity contribution is 0.0904. The molecule has 29 heavy (non-hydrogen) atoms. The maximum absolute atomic E-state index is 13.0. The van der Waals surface area contributed by atoms with E-state index in [1.807, 2.05) is 23.7 Å². The molecule has 1 fully saturated rings. The second-order valence-corrected chi connectivity index (χ2v) is 7.30. The molecule has 1 amide bonds. The number of aromatic nitrogens is 4. The SMILES string of the molecule is CCn1ncc2c(NC3CCOCC3)c(C(=O)NCc3cccc(Cl)n3)cnc21. The van der Waals surface area contributed by atoms with Crippen molar-refractivity contribution >= 4 is 34.2 Å². The first kappa shape index (κ1) is 19.6. The molecule has 0 bridgehead atoms. The van der Waals surface area contributed by atoms with Crippen LogP contribution >= 0.6 is 11.6 Å². The number of halogens is 1. The minimum absolute atomic E-state index is 0.222. The number of nitrogens with zero attached hydrogens (tertiary/aromatic N) is 4. The first-order valence-electron chi connectivity index (χ1n) is 9.74. The Balaban J connectivity index is 1.62. The fourth-order valence-corrected chi connectivity index (χ4v) is 3.63. The van der Waals surface area contributed by atoms with Crippen molar-refractivity contribution in [3.63, 3.8) is 0 Å². The van der Waals surface area contributed by atoms with Gasteiger partial charge in [0.2, 0.25) is 0 Å². The molecule has 3 aromatic heterocycles. The van der Waals surface area contributed by atoms with Crippen LogP contribution in [0.15, 0.2) is 30.6 Å². The largest absolute Gasteiger partial charge is 0.381 e. The summed E-state index contributed by atoms with van der Waals surface area (Å²) in [5, 5.41) is 12.1. The van der Waals surface area contributed by atoms with Gasteiger partial charge in [0.25, 0.3) is 5.91 Å². The number of ether oxygens (including phenoxy) is 1. The Labute approximate surface area is 173 Å². The molecule has 9 heteroatoms. The van der Waals surface area contributed by atoms with Crippen LogP contribution in [-0.4, -0.2) is 44.9 Å². The number of amides is 1. The lowest BCUT2D eigenvalue weighted by atomic mass is 10.1. The Morgan fingerprint density at radius 1 is 1.31 bits per heavy atom. The number of hydrogen-bond acceptors (Lipinski definition) is 6. The van der Waals surface area contributed by atoms with Gasteiger partial charge in [-0.25, -0.2) is 14.6 Å². The van der Waals surface area contributed by atoms with Gasteiger partial charge >= 0.3 is 0 Å². The van der Waals surface area contributed by atoms with Crippen LogP contribution in [0.4, 0.5) is 5.69 Å². The molecule has 1 saturated heterocycles. The van der Waals surface area contributed by atoms with Gasteiger partial charge in [-0.15, -0.1) is 0 Å². The summed E-state index contributed by atoms with van der Waals surface area (Å²) in [5.41, 5.74) is 2.70. The number of carbonyl (C=O) groups is 1. The lowest BCUT2D eigenvalue weighted by Gasteiger charge is -2.25. The van der Waals surface area contributed by atoms with E-state index >= 15 is 0 Å². The Morgan fingerprint density at radius 3 is 2.90 bits per heavy atom. The average molecular weight is 415 g/mol. The smallest absolute Gasteiger partial charge is 0.255 e. The molecular formula is C20H23ClN6O2. The summed E-state index contributed by atoms with van der Waals surface area (Å²) >= 11 is 5.93. The first-order chi connectivity index (χ1) is 14.2. The van der Waals surface area contributed by atoms with E-state index < -0.39 is 0 Å². The van der Waals surface area contributed by atoms with Gasteiger partial charge in [-0.3, -0.25) is 4.79 Å². The summed E-state index contributed by atoms with van der Waals surface area (Å²) in [7, 11) is 0. The molecule has 152 valence electrons. The van der Waals surface area contributed by atoms with Crippen molar-refractivity contribution < 1.29 is 9.53 Å². The number of rotatable bonds is 6. The Morgan fingerprint density at radius 2 is 2.14 bits per heavy atom. The summed E-state index contributed by atoms with van der Waals surface area (Å²) in [4.78, 5) is 21.7. The Kier molecular flexibility index (Phi) is 5.92. The highest BCUT2D eigenvalue weighted by Gasteiger charge is 2.22. The van der Waals surface area contributed by atoms with Crippen molar-refractivity contribution in [2.75, 3.05) is 18.5 Å². The maximum Gasteiger partial charge on any atom is 0.255 e. The van der Waals surface area contributed by atoms with Gasteiger partial charge in [0, 0.05) is 32.0 Å². The van der Waals surface area contributed by atoms with Crippen LogP contribution in [0.2, 0.25) is 5.15 Å². The number of anilines is 1. The van der Waals surface area contributed by atoms with Gasteiger partial charge in [0.05, 0.1) is 35.1 Å². The molecule has 0 aliphatic carbocycles. The lowest BCUT2D eigenvalue weighted by Crippen LogP contribution is -2.30. The normalized spacial score (nSPS) is 14.8. The molecule has 0 aromatic carbocycles. The summed E-state index contributed by atoms with van der Waals surface area (Å²) in [6.45, 7) is 4.42. The standard InChI is InChI=1S/C20H23ClN6O2/c1-2-27-19-15(12-24-27)18(26-13-6-8-29-9-7-13)16(11-22-19)20(28)23-10-14-4-3-5-17(21)25-14/h3-5,11-13H,2,6-10H2,1H3,(H,22,26)(H,23,28). The van der Waals surface area contributed by atoms with Crippen LogP contribution in [0.1, 0.15) is 35.8 Å². The minimum atomic E-state index is -0.222. The van der Waals surface area contributed by atoms with Crippen LogP contribution < -0.4 is 10.6 Å². The van der Waals surface area contributed by atoms with E-state index in [-0.39, 0.29) is 18.5 Å². The third kappa shape index (κ3) is 4.33. The number of pyridine rings is 2. The van der Waals surface area contributed by atoms with Gasteiger partial charge in [-0.05, 0) is 31.9 Å². The second-order valence-electron chi connectivity index (χ2n) is 6.91. The molecule has 0 saturated carbocycles. The molecular weight excluding hydrogens is 392 g/mol. The number of nitrogens with one attached hydrogen (secondary N) is 2. The Hall–Kier alpha value is -2.71. The first-order valence-corrected chi connectivity index (χ1v) is 10.1. The zero-order valence-electron chi connectivity index (χ0n) is 16.2. The number of fused-ring (bicyclic) bond motifs is 1. The van der Waals surface area contributed by atoms with E-state index in [1.165, 1.54) is 0 Å². The van der Waals surface area contributed by atoms with E-state index in [0.29, 0.717) is 36.2 Å². The molecule has 8 nitrogen and oxygen atoms in total. The van der Waals surface area contributed by atoms with Crippen molar-refractivity contribution in [2.45, 2.75) is 38.9 Å². The number of carbonyl (C=O) groups excluding carboxylic acids is 1. The van der Waals surface area contributed by atoms with Gasteiger partial charge in [0.15, 0.2) is 5.65 Å². The highest BCUT2D eigenvalue weighted by Crippen LogP contribution is 2.28. The van der Waals surface area contributed by atoms with Crippen LogP contribution in [-0.2, 0) is 17.8 Å². The molecule has 0 radical (unpaired) electrons. The van der Waals surface area contributed by atoms with Gasteiger partial charge < -0.3 is 15.4 Å². The van der Waals surface area contributed by atoms with Crippen molar-refractivity contribution in [1.82, 2.24) is 25.1 Å². The fourth-order valence-electron chi connectivity index (χ4n) is 3.45. The average Bonchev–Trinajstić information content (AvgIpc) is 3.17. The zero-order valence-corrected chi connectivity index (χ0v) is 16.9. The summed E-state index contributed by atoms with van der Waals surface area (Å²) in [6, 6.07) is 5.56. The molecule has 3 aromatic rings. The number of aryl methyl sites for hydroxylation is 1. The summed E-state index contributed by atoms with van der Waals surface area (Å²) < 4.78 is 7.28. The van der Waals surface area contributed by atoms with E-state index in [1.54, 1.807) is 18.5 Å². The predicted molar refractivity (Wildman–Crippen MR) is 111 cm³/mol.